The minimum absolute atomic E-state index is 0.0302. The van der Waals surface area contributed by atoms with Gasteiger partial charge in [0, 0.05) is 44.0 Å². The number of pyridine rings is 2. The summed E-state index contributed by atoms with van der Waals surface area (Å²) in [6, 6.07) is 9.63. The van der Waals surface area contributed by atoms with Crippen LogP contribution >= 0.6 is 0 Å². The van der Waals surface area contributed by atoms with Crippen LogP contribution in [0.1, 0.15) is 49.1 Å². The highest BCUT2D eigenvalue weighted by atomic mass is 32.2. The molecule has 2 aromatic rings. The van der Waals surface area contributed by atoms with Crippen LogP contribution in [0, 0.1) is 11.3 Å². The van der Waals surface area contributed by atoms with Crippen LogP contribution < -0.4 is 4.90 Å². The van der Waals surface area contributed by atoms with Crippen LogP contribution in [0.5, 0.6) is 0 Å². The third-order valence-electron chi connectivity index (χ3n) is 6.67. The Bertz CT molecular complexity index is 1160. The first-order valence-corrected chi connectivity index (χ1v) is 12.7. The normalized spacial score (nSPS) is 22.6. The predicted octanol–water partition coefficient (Wildman–Crippen LogP) is 2.27. The zero-order valence-electron chi connectivity index (χ0n) is 17.7. The van der Waals surface area contributed by atoms with Gasteiger partial charge in [-0.2, -0.15) is 5.26 Å². The Labute approximate surface area is 187 Å². The molecule has 0 N–H and O–H groups in total. The van der Waals surface area contributed by atoms with Crippen molar-refractivity contribution in [2.45, 2.75) is 55.1 Å². The Morgan fingerprint density at radius 2 is 1.84 bits per heavy atom. The molecule has 32 heavy (non-hydrogen) atoms. The SMILES string of the molecule is N#Cc1ccc(N2C3CCC2CN(C(=O)CCS(=O)(=O)c2ncccc2C2CC2)C3)nc1. The van der Waals surface area contributed by atoms with Crippen molar-refractivity contribution in [1.29, 1.82) is 5.26 Å². The topological polar surface area (TPSA) is 107 Å². The Morgan fingerprint density at radius 3 is 2.47 bits per heavy atom. The molecule has 0 aromatic carbocycles. The van der Waals surface area contributed by atoms with E-state index in [-0.39, 0.29) is 41.1 Å². The van der Waals surface area contributed by atoms with E-state index < -0.39 is 9.84 Å². The lowest BCUT2D eigenvalue weighted by Crippen LogP contribution is -2.55. The van der Waals surface area contributed by atoms with E-state index in [2.05, 4.69) is 20.9 Å². The first kappa shape index (κ1) is 20.9. The van der Waals surface area contributed by atoms with Crippen molar-refractivity contribution < 1.29 is 13.2 Å². The molecule has 9 heteroatoms. The van der Waals surface area contributed by atoms with Crippen molar-refractivity contribution in [3.8, 4) is 6.07 Å². The van der Waals surface area contributed by atoms with Gasteiger partial charge in [-0.15, -0.1) is 0 Å². The van der Waals surface area contributed by atoms with E-state index in [1.54, 1.807) is 23.2 Å². The minimum atomic E-state index is -3.61. The number of rotatable bonds is 6. The molecule has 0 radical (unpaired) electrons. The van der Waals surface area contributed by atoms with E-state index in [4.69, 9.17) is 5.26 Å². The zero-order chi connectivity index (χ0) is 22.3. The molecule has 1 amide bonds. The summed E-state index contributed by atoms with van der Waals surface area (Å²) in [5, 5.41) is 9.13. The fraction of sp³-hybridized carbons (Fsp3) is 0.478. The predicted molar refractivity (Wildman–Crippen MR) is 118 cm³/mol. The number of piperazine rings is 1. The summed E-state index contributed by atoms with van der Waals surface area (Å²) >= 11 is 0. The molecular formula is C23H25N5O3S. The molecular weight excluding hydrogens is 426 g/mol. The van der Waals surface area contributed by atoms with Crippen LogP contribution in [0.25, 0.3) is 0 Å². The average Bonchev–Trinajstić information content (AvgIpc) is 3.63. The molecule has 0 spiro atoms. The third-order valence-corrected chi connectivity index (χ3v) is 8.35. The number of amides is 1. The first-order chi connectivity index (χ1) is 15.5. The maximum absolute atomic E-state index is 12.9. The van der Waals surface area contributed by atoms with Crippen LogP contribution in [0.15, 0.2) is 41.7 Å². The number of nitrogens with zero attached hydrogens (tertiary/aromatic N) is 5. The number of anilines is 1. The zero-order valence-corrected chi connectivity index (χ0v) is 18.5. The molecule has 2 atom stereocenters. The van der Waals surface area contributed by atoms with Gasteiger partial charge in [-0.05, 0) is 55.4 Å². The quantitative estimate of drug-likeness (QED) is 0.663. The van der Waals surface area contributed by atoms with Gasteiger partial charge in [-0.1, -0.05) is 6.07 Å². The number of sulfone groups is 1. The summed E-state index contributed by atoms with van der Waals surface area (Å²) in [6.07, 6.45) is 6.97. The van der Waals surface area contributed by atoms with Crippen molar-refractivity contribution in [3.63, 3.8) is 0 Å². The van der Waals surface area contributed by atoms with Gasteiger partial charge >= 0.3 is 0 Å². The van der Waals surface area contributed by atoms with Crippen molar-refractivity contribution >= 4 is 21.6 Å². The van der Waals surface area contributed by atoms with Gasteiger partial charge in [0.1, 0.15) is 11.9 Å². The summed E-state index contributed by atoms with van der Waals surface area (Å²) in [6.45, 7) is 1.13. The molecule has 2 aliphatic heterocycles. The lowest BCUT2D eigenvalue weighted by molar-refractivity contribution is -0.131. The summed E-state index contributed by atoms with van der Waals surface area (Å²) in [7, 11) is -3.61. The maximum Gasteiger partial charge on any atom is 0.223 e. The van der Waals surface area contributed by atoms with Crippen molar-refractivity contribution in [3.05, 3.63) is 47.8 Å². The van der Waals surface area contributed by atoms with E-state index in [1.165, 1.54) is 6.20 Å². The van der Waals surface area contributed by atoms with E-state index in [0.29, 0.717) is 18.7 Å². The summed E-state index contributed by atoms with van der Waals surface area (Å²) in [4.78, 5) is 25.5. The molecule has 166 valence electrons. The largest absolute Gasteiger partial charge is 0.347 e. The standard InChI is InChI=1S/C23H25N5O3S/c24-12-16-3-8-21(26-13-16)28-18-6-7-19(28)15-27(14-18)22(29)9-11-32(30,31)23-20(17-4-5-17)2-1-10-25-23/h1-3,8,10,13,17-19H,4-7,9,11,14-15H2. The lowest BCUT2D eigenvalue weighted by atomic mass is 10.1. The minimum Gasteiger partial charge on any atom is -0.347 e. The number of hydrogen-bond donors (Lipinski definition) is 0. The highest BCUT2D eigenvalue weighted by molar-refractivity contribution is 7.91. The second-order valence-electron chi connectivity index (χ2n) is 8.85. The summed E-state index contributed by atoms with van der Waals surface area (Å²) in [5.41, 5.74) is 1.32. The molecule has 2 bridgehead atoms. The first-order valence-electron chi connectivity index (χ1n) is 11.1. The average molecular weight is 452 g/mol. The number of carbonyl (C=O) groups is 1. The van der Waals surface area contributed by atoms with Crippen LogP contribution in [0.2, 0.25) is 0 Å². The molecule has 5 rings (SSSR count). The second kappa shape index (κ2) is 8.17. The van der Waals surface area contributed by atoms with Gasteiger partial charge in [0.25, 0.3) is 0 Å². The number of carbonyl (C=O) groups excluding carboxylic acids is 1. The van der Waals surface area contributed by atoms with Crippen LogP contribution in [-0.4, -0.2) is 60.1 Å². The van der Waals surface area contributed by atoms with E-state index in [1.807, 2.05) is 12.1 Å². The van der Waals surface area contributed by atoms with E-state index >= 15 is 0 Å². The van der Waals surface area contributed by atoms with Gasteiger partial charge in [-0.25, -0.2) is 18.4 Å². The Balaban J connectivity index is 1.23. The van der Waals surface area contributed by atoms with E-state index in [9.17, 15) is 13.2 Å². The summed E-state index contributed by atoms with van der Waals surface area (Å²) in [5.74, 6) is 0.773. The Morgan fingerprint density at radius 1 is 1.09 bits per heavy atom. The monoisotopic (exact) mass is 451 g/mol. The van der Waals surface area contributed by atoms with E-state index in [0.717, 1.165) is 37.1 Å². The molecule has 2 unspecified atom stereocenters. The maximum atomic E-state index is 12.9. The van der Waals surface area contributed by atoms with Gasteiger partial charge in [0.05, 0.1) is 11.3 Å². The smallest absolute Gasteiger partial charge is 0.223 e. The molecule has 2 saturated heterocycles. The van der Waals surface area contributed by atoms with Crippen molar-refractivity contribution in [1.82, 2.24) is 14.9 Å². The molecule has 4 heterocycles. The van der Waals surface area contributed by atoms with Crippen LogP contribution in [-0.2, 0) is 14.6 Å². The molecule has 1 saturated carbocycles. The van der Waals surface area contributed by atoms with Gasteiger partial charge < -0.3 is 9.80 Å². The Hall–Kier alpha value is -2.99. The molecule has 8 nitrogen and oxygen atoms in total. The number of hydrogen-bond acceptors (Lipinski definition) is 7. The molecule has 3 aliphatic rings. The fourth-order valence-electron chi connectivity index (χ4n) is 4.93. The summed E-state index contributed by atoms with van der Waals surface area (Å²) < 4.78 is 25.9. The third kappa shape index (κ3) is 3.95. The second-order valence-corrected chi connectivity index (χ2v) is 10.9. The number of likely N-dealkylation sites (tertiary alicyclic amines) is 1. The molecule has 1 aliphatic carbocycles. The van der Waals surface area contributed by atoms with Gasteiger partial charge in [-0.3, -0.25) is 4.79 Å². The number of fused-ring (bicyclic) bond motifs is 2. The Kier molecular flexibility index (Phi) is 5.33. The fourth-order valence-corrected chi connectivity index (χ4v) is 6.38. The van der Waals surface area contributed by atoms with Gasteiger partial charge in [0.2, 0.25) is 5.91 Å². The number of nitriles is 1. The van der Waals surface area contributed by atoms with Crippen molar-refractivity contribution in [2.24, 2.45) is 0 Å². The number of aromatic nitrogens is 2. The molecule has 2 aromatic heterocycles. The highest BCUT2D eigenvalue weighted by Gasteiger charge is 2.42. The van der Waals surface area contributed by atoms with Gasteiger partial charge in [0.15, 0.2) is 14.9 Å². The lowest BCUT2D eigenvalue weighted by Gasteiger charge is -2.41. The van der Waals surface area contributed by atoms with Crippen LogP contribution in [0.4, 0.5) is 5.82 Å². The highest BCUT2D eigenvalue weighted by Crippen LogP contribution is 2.42. The van der Waals surface area contributed by atoms with Crippen LogP contribution in [0.3, 0.4) is 0 Å². The molecule has 3 fully saturated rings. The van der Waals surface area contributed by atoms with Crippen molar-refractivity contribution in [2.75, 3.05) is 23.7 Å².